The number of nitrogens with zero attached hydrogens (tertiary/aromatic N) is 7. The molecule has 2 atom stereocenters. The third-order valence-electron chi connectivity index (χ3n) is 15.3. The van der Waals surface area contributed by atoms with Crippen molar-refractivity contribution in [2.24, 2.45) is 16.6 Å². The van der Waals surface area contributed by atoms with Gasteiger partial charge in [-0.05, 0) is 80.6 Å². The molecule has 1 saturated heterocycles. The molecule has 0 radical (unpaired) electrons. The number of nitrogens with two attached hydrogens (primary N) is 2. The first kappa shape index (κ1) is 79.5. The number of aromatic amines is 1. The smallest absolute Gasteiger partial charge is 0.326 e. The lowest BCUT2D eigenvalue weighted by molar-refractivity contribution is -0.139. The molecule has 0 saturated carbocycles. The molecule has 1 fully saturated rings. The molecule has 1 aromatic carbocycles. The zero-order valence-corrected chi connectivity index (χ0v) is 57.4. The lowest BCUT2D eigenvalue weighted by atomic mass is 9.99. The molecule has 33 heteroatoms. The van der Waals surface area contributed by atoms with Crippen LogP contribution < -0.4 is 43.7 Å². The molecular weight excluding hydrogens is 1300 g/mol. The molecule has 7 rings (SSSR count). The van der Waals surface area contributed by atoms with Crippen LogP contribution in [0.2, 0.25) is 0 Å². The maximum Gasteiger partial charge on any atom is 0.326 e. The average Bonchev–Trinajstić information content (AvgIpc) is 1.64. The number of rotatable bonds is 56. The summed E-state index contributed by atoms with van der Waals surface area (Å²) in [6, 6.07) is 11.0. The number of piperidine rings is 1. The summed E-state index contributed by atoms with van der Waals surface area (Å²) in [5.74, 6) is -0.0438. The number of aryl methyl sites for hydroxylation is 1. The van der Waals surface area contributed by atoms with Crippen LogP contribution in [0.15, 0.2) is 71.2 Å². The Bertz CT molecular complexity index is 3270. The minimum atomic E-state index is -1.27. The molecule has 6 heterocycles. The number of benzene rings is 1. The lowest BCUT2D eigenvalue weighted by Gasteiger charge is -2.32. The molecule has 100 heavy (non-hydrogen) atoms. The van der Waals surface area contributed by atoms with Crippen molar-refractivity contribution in [2.75, 3.05) is 221 Å². The van der Waals surface area contributed by atoms with Crippen LogP contribution in [0.3, 0.4) is 0 Å². The van der Waals surface area contributed by atoms with Crippen LogP contribution in [0.1, 0.15) is 58.7 Å². The number of pyridine rings is 2. The fourth-order valence-electron chi connectivity index (χ4n) is 10.2. The van der Waals surface area contributed by atoms with Gasteiger partial charge in [-0.15, -0.1) is 0 Å². The Labute approximate surface area is 582 Å². The predicted octanol–water partition coefficient (Wildman–Crippen LogP) is 2.10. The van der Waals surface area contributed by atoms with Crippen LogP contribution in [0, 0.1) is 12.8 Å². The van der Waals surface area contributed by atoms with Crippen molar-refractivity contribution in [3.63, 3.8) is 0 Å². The van der Waals surface area contributed by atoms with Crippen LogP contribution in [-0.4, -0.2) is 274 Å². The molecule has 5 aromatic rings. The number of hydrogen-bond acceptors (Lipinski definition) is 28. The molecule has 33 nitrogen and oxygen atoms in total. The number of carbonyl (C=O) groups is 3. The first-order valence-corrected chi connectivity index (χ1v) is 34.0. The zero-order valence-electron chi connectivity index (χ0n) is 57.4. The van der Waals surface area contributed by atoms with Gasteiger partial charge in [-0.25, -0.2) is 29.5 Å². The zero-order chi connectivity index (χ0) is 70.6. The number of hydrogen-bond donors (Lipinski definition) is 9. The number of likely N-dealkylation sites (tertiary alicyclic amines) is 1. The van der Waals surface area contributed by atoms with Gasteiger partial charge in [0.1, 0.15) is 28.9 Å². The van der Waals surface area contributed by atoms with E-state index in [4.69, 9.17) is 73.0 Å². The van der Waals surface area contributed by atoms with Crippen molar-refractivity contribution in [1.82, 2.24) is 50.3 Å². The van der Waals surface area contributed by atoms with Crippen molar-refractivity contribution in [1.29, 1.82) is 0 Å². The van der Waals surface area contributed by atoms with E-state index in [9.17, 15) is 24.3 Å². The number of nitrogens with one attached hydrogen (secondary N) is 6. The van der Waals surface area contributed by atoms with Crippen molar-refractivity contribution in [3.8, 4) is 0 Å². The van der Waals surface area contributed by atoms with Crippen molar-refractivity contribution in [3.05, 3.63) is 100 Å². The summed E-state index contributed by atoms with van der Waals surface area (Å²) in [7, 11) is 0. The number of carbonyl (C=O) groups excluding carboxylic acids is 2. The number of guanidine groups is 1. The molecule has 0 aliphatic carbocycles. The molecule has 11 N–H and O–H groups in total. The van der Waals surface area contributed by atoms with Crippen LogP contribution in [0.5, 0.6) is 0 Å². The van der Waals surface area contributed by atoms with E-state index in [-0.39, 0.29) is 49.1 Å². The molecule has 552 valence electrons. The number of carboxylic acids is 1. The molecule has 1 unspecified atom stereocenters. The Morgan fingerprint density at radius 2 is 1.23 bits per heavy atom. The second-order valence-corrected chi connectivity index (χ2v) is 23.1. The summed E-state index contributed by atoms with van der Waals surface area (Å²) in [5.41, 5.74) is 17.0. The normalized spacial score (nSPS) is 14.2. The van der Waals surface area contributed by atoms with E-state index >= 15 is 0 Å². The monoisotopic (exact) mass is 1400 g/mol. The summed E-state index contributed by atoms with van der Waals surface area (Å²) >= 11 is 0. The van der Waals surface area contributed by atoms with E-state index in [1.54, 1.807) is 41.2 Å². The van der Waals surface area contributed by atoms with Crippen molar-refractivity contribution < 1.29 is 81.1 Å². The molecular formula is C67H101N15O18. The summed E-state index contributed by atoms with van der Waals surface area (Å²) in [5, 5.41) is 24.3. The number of H-pyrrole nitrogens is 1. The number of anilines is 3. The van der Waals surface area contributed by atoms with E-state index in [2.05, 4.69) is 68.0 Å². The average molecular weight is 1400 g/mol. The third kappa shape index (κ3) is 31.3. The van der Waals surface area contributed by atoms with E-state index < -0.39 is 17.9 Å². The molecule has 4 aromatic heterocycles. The number of aliphatic carboxylic acids is 1. The van der Waals surface area contributed by atoms with Crippen LogP contribution in [-0.2, 0) is 84.3 Å². The highest BCUT2D eigenvalue weighted by Gasteiger charge is 2.23. The Kier molecular flexibility index (Phi) is 37.6. The Balaban J connectivity index is 0.527. The van der Waals surface area contributed by atoms with E-state index in [0.29, 0.717) is 217 Å². The highest BCUT2D eigenvalue weighted by Crippen LogP contribution is 2.24. The van der Waals surface area contributed by atoms with Gasteiger partial charge in [0, 0.05) is 55.7 Å². The second-order valence-electron chi connectivity index (χ2n) is 23.1. The number of amides is 2. The number of carboxylic acid groups (broad SMARTS) is 1. The fraction of sp³-hybridized carbons (Fsp3) is 0.597. The number of fused-ring (bicyclic) bond motifs is 2. The van der Waals surface area contributed by atoms with E-state index in [1.807, 2.05) is 25.1 Å². The number of aromatic nitrogens is 6. The highest BCUT2D eigenvalue weighted by atomic mass is 16.6. The number of aliphatic imine (C=N–C) groups is 1. The molecule has 0 bridgehead atoms. The fourth-order valence-corrected chi connectivity index (χ4v) is 10.2. The first-order chi connectivity index (χ1) is 48.9. The Morgan fingerprint density at radius 1 is 0.680 bits per heavy atom. The van der Waals surface area contributed by atoms with Gasteiger partial charge in [0.25, 0.3) is 5.91 Å². The van der Waals surface area contributed by atoms with Gasteiger partial charge in [-0.1, -0.05) is 12.6 Å². The van der Waals surface area contributed by atoms with Gasteiger partial charge < -0.3 is 115 Å². The van der Waals surface area contributed by atoms with Crippen molar-refractivity contribution >= 4 is 63.6 Å². The molecule has 2 aliphatic heterocycles. The minimum Gasteiger partial charge on any atom is -0.480 e. The van der Waals surface area contributed by atoms with Gasteiger partial charge in [-0.3, -0.25) is 14.2 Å². The third-order valence-corrected chi connectivity index (χ3v) is 15.3. The minimum absolute atomic E-state index is 0.101. The van der Waals surface area contributed by atoms with Gasteiger partial charge in [0.15, 0.2) is 11.8 Å². The number of nitrogen functional groups attached to an aromatic ring is 1. The van der Waals surface area contributed by atoms with E-state index in [0.717, 1.165) is 68.2 Å². The Morgan fingerprint density at radius 3 is 1.77 bits per heavy atom. The standard InChI is InChI=1S/C67H101N15O18/c1-49-42-57-61(62(68)75-49)79-67(87)82(57)47-51-5-11-58(73-43-51)70-13-16-81-15-3-4-52(46-81)48-100-41-40-99-39-38-98-37-36-97-35-34-96-33-32-95-31-30-94-29-28-93-27-26-92-25-24-91-23-22-90-21-20-89-19-18-88-17-14-71-59(83)12-10-56(65(85)86)78-64(84)53-6-8-54(9-7-53)72-44-55-45-74-63-60(77-55)50(2)76-66(69)80-63/h5-9,11,42-43,45,52,56,72H,2-4,10,12-41,44,46-48H2,1H3,(H2,68,75)(H,70,73)(H,71,83)(H,78,84)(H,79,87)(H,85,86)(H3,69,74,76,80)/t52?,56-/m0/s1. The summed E-state index contributed by atoms with van der Waals surface area (Å²) < 4.78 is 74.3. The predicted molar refractivity (Wildman–Crippen MR) is 372 cm³/mol. The molecule has 0 spiro atoms. The van der Waals surface area contributed by atoms with Gasteiger partial charge >= 0.3 is 11.7 Å². The largest absolute Gasteiger partial charge is 0.480 e. The second kappa shape index (κ2) is 47.3. The molecule has 2 amide bonds. The van der Waals surface area contributed by atoms with Gasteiger partial charge in [-0.2, -0.15) is 4.99 Å². The lowest BCUT2D eigenvalue weighted by Crippen LogP contribution is -2.41. The summed E-state index contributed by atoms with van der Waals surface area (Å²) in [6.45, 7) is 22.2. The van der Waals surface area contributed by atoms with Crippen molar-refractivity contribution in [2.45, 2.75) is 51.7 Å². The van der Waals surface area contributed by atoms with Gasteiger partial charge in [0.2, 0.25) is 5.91 Å². The topological polar surface area (TPSA) is 409 Å². The number of ether oxygens (including phenoxy) is 13. The SMILES string of the molecule is C=C1NC(N)=Nc2ncc(CNc3ccc(C(=O)N[C@@H](CCC(=O)NCCOCCOCCOCCOCCOCCOCCOCCOCCOCCOCCOCCOCCOCC4CCCN(CCNc5ccc(Cn6c(=O)[nH]c7c(N)nc(C)cc76)cn5)C4)C(=O)O)cc3)nc21. The van der Waals surface area contributed by atoms with Crippen LogP contribution in [0.4, 0.5) is 23.1 Å². The Hall–Kier alpha value is -7.87. The number of imidazole rings is 1. The van der Waals surface area contributed by atoms with Crippen LogP contribution >= 0.6 is 0 Å². The maximum atomic E-state index is 12.9. The van der Waals surface area contributed by atoms with Crippen LogP contribution in [0.25, 0.3) is 16.7 Å². The maximum absolute atomic E-state index is 12.9. The molecule has 2 aliphatic rings. The van der Waals surface area contributed by atoms with E-state index in [1.165, 1.54) is 0 Å². The highest BCUT2D eigenvalue weighted by molar-refractivity contribution is 5.97. The van der Waals surface area contributed by atoms with Gasteiger partial charge in [0.05, 0.1) is 208 Å². The summed E-state index contributed by atoms with van der Waals surface area (Å²) in [4.78, 5) is 76.8. The first-order valence-electron chi connectivity index (χ1n) is 34.0. The quantitative estimate of drug-likeness (QED) is 0.0252. The summed E-state index contributed by atoms with van der Waals surface area (Å²) in [6.07, 6.45) is 5.46.